The first-order chi connectivity index (χ1) is 16.3. The predicted octanol–water partition coefficient (Wildman–Crippen LogP) is 7.69. The van der Waals surface area contributed by atoms with Crippen LogP contribution < -0.4 is 4.74 Å². The summed E-state index contributed by atoms with van der Waals surface area (Å²) in [4.78, 5) is 17.2. The third-order valence-electron chi connectivity index (χ3n) is 4.81. The number of aryl methyl sites for hydroxylation is 1. The van der Waals surface area contributed by atoms with Crippen LogP contribution in [0.2, 0.25) is 10.0 Å². The molecule has 0 aliphatic carbocycles. The fourth-order valence-electron chi connectivity index (χ4n) is 3.23. The van der Waals surface area contributed by atoms with Crippen LogP contribution in [0.4, 0.5) is 0 Å². The van der Waals surface area contributed by atoms with Crippen molar-refractivity contribution in [2.24, 2.45) is 4.99 Å². The van der Waals surface area contributed by atoms with Gasteiger partial charge in [0.2, 0.25) is 0 Å². The number of nitrogens with zero attached hydrogens (tertiary/aromatic N) is 3. The maximum absolute atomic E-state index is 12.3. The number of aliphatic imine (C=N–C) groups is 1. The van der Waals surface area contributed by atoms with E-state index in [-0.39, 0.29) is 0 Å². The lowest BCUT2D eigenvalue weighted by atomic mass is 10.0. The van der Waals surface area contributed by atoms with Crippen LogP contribution in [-0.2, 0) is 0 Å². The summed E-state index contributed by atoms with van der Waals surface area (Å²) in [6.45, 7) is 6.09. The molecule has 3 aromatic rings. The highest BCUT2D eigenvalue weighted by atomic mass is 35.5. The molecule has 0 N–H and O–H groups in total. The molecule has 0 aliphatic heterocycles. The Morgan fingerprint density at radius 2 is 1.94 bits per heavy atom. The van der Waals surface area contributed by atoms with E-state index in [4.69, 9.17) is 32.9 Å². The number of rotatable bonds is 7. The van der Waals surface area contributed by atoms with Crippen LogP contribution in [0.15, 0.2) is 52.9 Å². The zero-order valence-corrected chi connectivity index (χ0v) is 22.6. The number of carbonyl (C=O) groups is 1. The molecule has 0 spiro atoms. The first-order valence-corrected chi connectivity index (χ1v) is 13.3. The number of methoxy groups -OCH3 is 1. The number of thioether (sulfide) groups is 2. The Morgan fingerprint density at radius 1 is 1.18 bits per heavy atom. The second kappa shape index (κ2) is 12.0. The van der Waals surface area contributed by atoms with Crippen molar-refractivity contribution in [1.29, 1.82) is 0 Å². The number of carbonyl (C=O) groups excluding carboxylic acids is 1. The summed E-state index contributed by atoms with van der Waals surface area (Å²) in [6, 6.07) is 13.0. The summed E-state index contributed by atoms with van der Waals surface area (Å²) >= 11 is 15.4. The minimum atomic E-state index is 0.364. The van der Waals surface area contributed by atoms with Gasteiger partial charge in [-0.15, -0.1) is 11.8 Å². The summed E-state index contributed by atoms with van der Waals surface area (Å²) in [5.74, 6) is 0.704. The number of ether oxygens (including phenoxy) is 1. The van der Waals surface area contributed by atoms with Crippen molar-refractivity contribution >= 4 is 63.9 Å². The van der Waals surface area contributed by atoms with Crippen molar-refractivity contribution in [3.8, 4) is 16.9 Å². The molecule has 0 aliphatic rings. The molecular weight excluding hydrogens is 509 g/mol. The summed E-state index contributed by atoms with van der Waals surface area (Å²) in [7, 11) is 1.61. The van der Waals surface area contributed by atoms with Crippen molar-refractivity contribution in [2.45, 2.75) is 26.0 Å². The molecule has 0 saturated heterocycles. The van der Waals surface area contributed by atoms with Gasteiger partial charge in [-0.1, -0.05) is 67.0 Å². The smallest absolute Gasteiger partial charge is 0.189 e. The third-order valence-corrected chi connectivity index (χ3v) is 7.09. The average Bonchev–Trinajstić information content (AvgIpc) is 3.16. The lowest BCUT2D eigenvalue weighted by Gasteiger charge is -2.10. The average molecular weight is 535 g/mol. The van der Waals surface area contributed by atoms with Crippen molar-refractivity contribution in [3.63, 3.8) is 0 Å². The minimum Gasteiger partial charge on any atom is -0.497 e. The monoisotopic (exact) mass is 533 g/mol. The Balaban J connectivity index is 2.16. The molecule has 178 valence electrons. The van der Waals surface area contributed by atoms with E-state index in [0.29, 0.717) is 43.3 Å². The van der Waals surface area contributed by atoms with Gasteiger partial charge >= 0.3 is 0 Å². The van der Waals surface area contributed by atoms with Crippen molar-refractivity contribution in [3.05, 3.63) is 74.9 Å². The topological polar surface area (TPSA) is 56.5 Å². The van der Waals surface area contributed by atoms with E-state index in [9.17, 15) is 4.79 Å². The van der Waals surface area contributed by atoms with E-state index in [0.717, 1.165) is 23.0 Å². The van der Waals surface area contributed by atoms with E-state index < -0.39 is 0 Å². The molecule has 9 heteroatoms. The number of aromatic nitrogens is 2. The molecular formula is C25H25Cl2N3O2S2. The van der Waals surface area contributed by atoms with Gasteiger partial charge in [0, 0.05) is 16.4 Å². The Kier molecular flexibility index (Phi) is 9.31. The van der Waals surface area contributed by atoms with Crippen LogP contribution in [0.3, 0.4) is 0 Å². The molecule has 0 unspecified atom stereocenters. The summed E-state index contributed by atoms with van der Waals surface area (Å²) < 4.78 is 6.95. The van der Waals surface area contributed by atoms with Crippen LogP contribution in [0, 0.1) is 6.92 Å². The van der Waals surface area contributed by atoms with Crippen molar-refractivity contribution < 1.29 is 9.53 Å². The zero-order valence-electron chi connectivity index (χ0n) is 19.5. The maximum atomic E-state index is 12.3. The molecule has 0 bridgehead atoms. The number of benzene rings is 2. The van der Waals surface area contributed by atoms with Crippen molar-refractivity contribution in [2.75, 3.05) is 13.4 Å². The predicted molar refractivity (Wildman–Crippen MR) is 148 cm³/mol. The van der Waals surface area contributed by atoms with E-state index in [2.05, 4.69) is 18.9 Å². The van der Waals surface area contributed by atoms with Gasteiger partial charge in [-0.2, -0.15) is 5.10 Å². The number of aldehydes is 1. The van der Waals surface area contributed by atoms with Crippen LogP contribution >= 0.6 is 46.7 Å². The number of hydrogen-bond donors (Lipinski definition) is 0. The fourth-order valence-corrected chi connectivity index (χ4v) is 4.62. The standard InChI is InChI=1S/C25H25Cl2N3O2S2/c1-15(2)34-14-22(17-9-10-20(26)21(27)12-17)28-25(33-5)30-23(13-31)24(16(3)29-30)18-7-6-8-19(11-18)32-4/h6-15H,1-5H3/b22-14+,28-25?. The van der Waals surface area contributed by atoms with Gasteiger partial charge < -0.3 is 4.74 Å². The van der Waals surface area contributed by atoms with Crippen LogP contribution in [-0.4, -0.2) is 39.8 Å². The Bertz CT molecular complexity index is 1250. The lowest BCUT2D eigenvalue weighted by Crippen LogP contribution is -2.13. The van der Waals surface area contributed by atoms with Crippen molar-refractivity contribution in [1.82, 2.24) is 9.78 Å². The van der Waals surface area contributed by atoms with Gasteiger partial charge in [0.15, 0.2) is 11.5 Å². The molecule has 0 atom stereocenters. The quantitative estimate of drug-likeness (QED) is 0.177. The van der Waals surface area contributed by atoms with Gasteiger partial charge in [0.25, 0.3) is 0 Å². The zero-order chi connectivity index (χ0) is 24.8. The molecule has 3 rings (SSSR count). The molecule has 5 nitrogen and oxygen atoms in total. The normalized spacial score (nSPS) is 12.4. The summed E-state index contributed by atoms with van der Waals surface area (Å²) in [5.41, 5.74) is 4.25. The summed E-state index contributed by atoms with van der Waals surface area (Å²) in [6.07, 6.45) is 2.71. The minimum absolute atomic E-state index is 0.364. The first kappa shape index (κ1) is 26.4. The second-order valence-electron chi connectivity index (χ2n) is 7.52. The highest BCUT2D eigenvalue weighted by Crippen LogP contribution is 2.32. The molecule has 1 aromatic heterocycles. The van der Waals surface area contributed by atoms with Crippen LogP contribution in [0.25, 0.3) is 16.8 Å². The Hall–Kier alpha value is -2.19. The van der Waals surface area contributed by atoms with Crippen LogP contribution in [0.1, 0.15) is 35.6 Å². The fraction of sp³-hybridized carbons (Fsp3) is 0.240. The molecule has 0 saturated carbocycles. The summed E-state index contributed by atoms with van der Waals surface area (Å²) in [5, 5.41) is 8.50. The molecule has 0 radical (unpaired) electrons. The van der Waals surface area contributed by atoms with Gasteiger partial charge in [0.05, 0.1) is 28.5 Å². The van der Waals surface area contributed by atoms with E-state index >= 15 is 0 Å². The van der Waals surface area contributed by atoms with Gasteiger partial charge in [-0.05, 0) is 48.4 Å². The highest BCUT2D eigenvalue weighted by molar-refractivity contribution is 8.13. The van der Waals surface area contributed by atoms with Gasteiger partial charge in [0.1, 0.15) is 11.4 Å². The molecule has 0 amide bonds. The third kappa shape index (κ3) is 6.08. The van der Waals surface area contributed by atoms with E-state index in [1.807, 2.05) is 48.9 Å². The maximum Gasteiger partial charge on any atom is 0.189 e. The SMILES string of the molecule is COc1cccc(-c2c(C)nn(C(=N/C(=C/SC(C)C)c3ccc(Cl)c(Cl)c3)SC)c2C=O)c1. The van der Waals surface area contributed by atoms with Gasteiger partial charge in [-0.25, -0.2) is 9.67 Å². The Morgan fingerprint density at radius 3 is 2.56 bits per heavy atom. The van der Waals surface area contributed by atoms with E-state index in [1.165, 1.54) is 11.8 Å². The highest BCUT2D eigenvalue weighted by Gasteiger charge is 2.20. The lowest BCUT2D eigenvalue weighted by molar-refractivity contribution is 0.111. The number of hydrogen-bond acceptors (Lipinski definition) is 6. The molecule has 34 heavy (non-hydrogen) atoms. The molecule has 1 heterocycles. The number of halogens is 2. The van der Waals surface area contributed by atoms with Crippen LogP contribution in [0.5, 0.6) is 5.75 Å². The molecule has 0 fully saturated rings. The van der Waals surface area contributed by atoms with Gasteiger partial charge in [-0.3, -0.25) is 4.79 Å². The Labute approximate surface area is 218 Å². The van der Waals surface area contributed by atoms with E-state index in [1.54, 1.807) is 35.7 Å². The second-order valence-corrected chi connectivity index (χ2v) is 10.6. The first-order valence-electron chi connectivity index (χ1n) is 10.4. The molecule has 2 aromatic carbocycles. The largest absolute Gasteiger partial charge is 0.497 e.